The Morgan fingerprint density at radius 3 is 2.67 bits per heavy atom. The van der Waals surface area contributed by atoms with Crippen molar-refractivity contribution in [2.24, 2.45) is 11.8 Å². The number of amides is 2. The molecule has 1 aromatic carbocycles. The highest BCUT2D eigenvalue weighted by Gasteiger charge is 2.39. The topological polar surface area (TPSA) is 55.8 Å². The van der Waals surface area contributed by atoms with Crippen molar-refractivity contribution in [1.29, 1.82) is 0 Å². The summed E-state index contributed by atoms with van der Waals surface area (Å²) >= 11 is 0. The lowest BCUT2D eigenvalue weighted by molar-refractivity contribution is -0.130. The lowest BCUT2D eigenvalue weighted by atomic mass is 10.00. The molecule has 0 aromatic heterocycles. The number of hydrogen-bond donors (Lipinski definition) is 0. The Labute approximate surface area is 162 Å². The molecule has 1 saturated heterocycles. The predicted molar refractivity (Wildman–Crippen MR) is 105 cm³/mol. The molecule has 0 N–H and O–H groups in total. The molecule has 0 radical (unpaired) electrons. The number of hydrogen-bond acceptors (Lipinski definition) is 4. The molecule has 5 heteroatoms. The van der Waals surface area contributed by atoms with Gasteiger partial charge in [0.15, 0.2) is 0 Å². The Morgan fingerprint density at radius 2 is 2.00 bits per heavy atom. The first-order valence-corrected chi connectivity index (χ1v) is 9.66. The average Bonchev–Trinajstić information content (AvgIpc) is 3.01. The van der Waals surface area contributed by atoms with E-state index < -0.39 is 6.09 Å². The number of rotatable bonds is 9. The maximum absolute atomic E-state index is 12.6. The molecule has 0 saturated carbocycles. The molecule has 1 unspecified atom stereocenters. The van der Waals surface area contributed by atoms with Crippen LogP contribution in [0.3, 0.4) is 0 Å². The Balaban J connectivity index is 1.76. The molecule has 1 aliphatic heterocycles. The van der Waals surface area contributed by atoms with Gasteiger partial charge in [0.2, 0.25) is 5.91 Å². The van der Waals surface area contributed by atoms with Gasteiger partial charge in [0.05, 0.1) is 19.3 Å². The van der Waals surface area contributed by atoms with Crippen molar-refractivity contribution < 1.29 is 19.1 Å². The molecular weight excluding hydrogens is 342 g/mol. The summed E-state index contributed by atoms with van der Waals surface area (Å²) in [4.78, 5) is 25.7. The summed E-state index contributed by atoms with van der Waals surface area (Å²) in [5.41, 5.74) is 2.35. The second-order valence-electron chi connectivity index (χ2n) is 7.63. The largest absolute Gasteiger partial charge is 0.447 e. The van der Waals surface area contributed by atoms with Crippen LogP contribution in [0.2, 0.25) is 0 Å². The quantitative estimate of drug-likeness (QED) is 0.470. The van der Waals surface area contributed by atoms with Crippen molar-refractivity contribution in [3.8, 4) is 0 Å². The fourth-order valence-corrected chi connectivity index (χ4v) is 3.21. The van der Waals surface area contributed by atoms with Gasteiger partial charge in [-0.15, -0.1) is 0 Å². The van der Waals surface area contributed by atoms with Crippen LogP contribution >= 0.6 is 0 Å². The van der Waals surface area contributed by atoms with Crippen LogP contribution in [0, 0.1) is 11.8 Å². The molecule has 148 valence electrons. The third kappa shape index (κ3) is 6.51. The zero-order valence-corrected chi connectivity index (χ0v) is 16.8. The first-order chi connectivity index (χ1) is 12.9. The van der Waals surface area contributed by atoms with E-state index in [0.29, 0.717) is 26.2 Å². The summed E-state index contributed by atoms with van der Waals surface area (Å²) in [6, 6.07) is 9.93. The monoisotopic (exact) mass is 373 g/mol. The number of cyclic esters (lactones) is 1. The van der Waals surface area contributed by atoms with Gasteiger partial charge in [-0.25, -0.2) is 9.69 Å². The molecule has 2 amide bonds. The van der Waals surface area contributed by atoms with E-state index in [1.54, 1.807) is 0 Å². The number of allylic oxidation sites excluding steroid dienone is 1. The van der Waals surface area contributed by atoms with Crippen molar-refractivity contribution in [2.75, 3.05) is 13.2 Å². The summed E-state index contributed by atoms with van der Waals surface area (Å²) in [6.07, 6.45) is 2.71. The lowest BCUT2D eigenvalue weighted by Gasteiger charge is -2.23. The van der Waals surface area contributed by atoms with Gasteiger partial charge in [0, 0.05) is 6.42 Å². The molecule has 1 aliphatic rings. The average molecular weight is 373 g/mol. The third-order valence-corrected chi connectivity index (χ3v) is 4.76. The van der Waals surface area contributed by atoms with Crippen molar-refractivity contribution in [2.45, 2.75) is 53.2 Å². The highest BCUT2D eigenvalue weighted by atomic mass is 16.6. The minimum Gasteiger partial charge on any atom is -0.447 e. The fourth-order valence-electron chi connectivity index (χ4n) is 3.21. The highest BCUT2D eigenvalue weighted by Crippen LogP contribution is 2.22. The van der Waals surface area contributed by atoms with Crippen LogP contribution in [0.5, 0.6) is 0 Å². The van der Waals surface area contributed by atoms with Crippen molar-refractivity contribution in [3.05, 3.63) is 47.5 Å². The molecule has 1 heterocycles. The summed E-state index contributed by atoms with van der Waals surface area (Å²) in [6.45, 7) is 9.59. The normalized spacial score (nSPS) is 18.7. The molecule has 0 aliphatic carbocycles. The number of carbonyl (C=O) groups excluding carboxylic acids is 2. The van der Waals surface area contributed by atoms with Crippen LogP contribution in [0.25, 0.3) is 0 Å². The Hall–Kier alpha value is -2.14. The molecule has 2 rings (SSSR count). The second kappa shape index (κ2) is 10.3. The van der Waals surface area contributed by atoms with E-state index in [2.05, 4.69) is 6.08 Å². The molecule has 2 atom stereocenters. The molecule has 1 fully saturated rings. The van der Waals surface area contributed by atoms with Gasteiger partial charge in [-0.1, -0.05) is 62.8 Å². The molecule has 5 nitrogen and oxygen atoms in total. The van der Waals surface area contributed by atoms with Gasteiger partial charge in [-0.3, -0.25) is 4.79 Å². The van der Waals surface area contributed by atoms with Crippen LogP contribution in [0.4, 0.5) is 4.79 Å². The van der Waals surface area contributed by atoms with Crippen LogP contribution < -0.4 is 0 Å². The van der Waals surface area contributed by atoms with Gasteiger partial charge in [-0.2, -0.15) is 0 Å². The third-order valence-electron chi connectivity index (χ3n) is 4.76. The van der Waals surface area contributed by atoms with Gasteiger partial charge in [0.1, 0.15) is 6.61 Å². The van der Waals surface area contributed by atoms with Gasteiger partial charge in [-0.05, 0) is 30.7 Å². The van der Waals surface area contributed by atoms with E-state index in [1.165, 1.54) is 10.5 Å². The number of imide groups is 1. The van der Waals surface area contributed by atoms with Crippen molar-refractivity contribution in [3.63, 3.8) is 0 Å². The maximum Gasteiger partial charge on any atom is 0.416 e. The molecule has 27 heavy (non-hydrogen) atoms. The number of carbonyl (C=O) groups is 2. The lowest BCUT2D eigenvalue weighted by Crippen LogP contribution is -2.42. The van der Waals surface area contributed by atoms with Crippen LogP contribution in [0.15, 0.2) is 42.0 Å². The minimum atomic E-state index is -0.513. The molecule has 0 spiro atoms. The first-order valence-electron chi connectivity index (χ1n) is 9.66. The fraction of sp³-hybridized carbons (Fsp3) is 0.545. The molecular formula is C22H31NO4. The Bertz CT molecular complexity index is 654. The Kier molecular flexibility index (Phi) is 8.04. The van der Waals surface area contributed by atoms with E-state index in [-0.39, 0.29) is 23.8 Å². The van der Waals surface area contributed by atoms with Gasteiger partial charge < -0.3 is 9.47 Å². The van der Waals surface area contributed by atoms with E-state index in [1.807, 2.05) is 58.0 Å². The van der Waals surface area contributed by atoms with E-state index in [9.17, 15) is 9.59 Å². The van der Waals surface area contributed by atoms with Crippen LogP contribution in [-0.4, -0.2) is 36.2 Å². The van der Waals surface area contributed by atoms with Crippen molar-refractivity contribution >= 4 is 12.0 Å². The Morgan fingerprint density at radius 1 is 1.30 bits per heavy atom. The SMILES string of the molecule is C/C(=C\C(C)CC(=O)N1C(=O)OC[C@@H]1C(C)C)CCOCc1ccccc1. The molecule has 0 bridgehead atoms. The van der Waals surface area contributed by atoms with Gasteiger partial charge >= 0.3 is 6.09 Å². The minimum absolute atomic E-state index is 0.0628. The van der Waals surface area contributed by atoms with E-state index in [0.717, 1.165) is 12.0 Å². The summed E-state index contributed by atoms with van der Waals surface area (Å²) in [7, 11) is 0. The van der Waals surface area contributed by atoms with E-state index in [4.69, 9.17) is 9.47 Å². The van der Waals surface area contributed by atoms with Gasteiger partial charge in [0.25, 0.3) is 0 Å². The number of benzene rings is 1. The van der Waals surface area contributed by atoms with Crippen molar-refractivity contribution in [1.82, 2.24) is 4.90 Å². The summed E-state index contributed by atoms with van der Waals surface area (Å²) in [5.74, 6) is 0.0932. The predicted octanol–water partition coefficient (Wildman–Crippen LogP) is 4.57. The summed E-state index contributed by atoms with van der Waals surface area (Å²) in [5, 5.41) is 0. The molecule has 1 aromatic rings. The second-order valence-corrected chi connectivity index (χ2v) is 7.63. The maximum atomic E-state index is 12.6. The number of nitrogens with zero attached hydrogens (tertiary/aromatic N) is 1. The smallest absolute Gasteiger partial charge is 0.416 e. The van der Waals surface area contributed by atoms with E-state index >= 15 is 0 Å². The number of ether oxygens (including phenoxy) is 2. The highest BCUT2D eigenvalue weighted by molar-refractivity contribution is 5.93. The standard InChI is InChI=1S/C22H31NO4/c1-16(2)20-15-27-22(25)23(20)21(24)13-18(4)12-17(3)10-11-26-14-19-8-6-5-7-9-19/h5-9,12,16,18,20H,10-11,13-15H2,1-4H3/b17-12+/t18?,20-/m1/s1. The van der Waals surface area contributed by atoms with Crippen LogP contribution in [0.1, 0.15) is 46.1 Å². The zero-order chi connectivity index (χ0) is 19.8. The summed E-state index contributed by atoms with van der Waals surface area (Å²) < 4.78 is 10.8. The van der Waals surface area contributed by atoms with Crippen LogP contribution in [-0.2, 0) is 20.9 Å². The zero-order valence-electron chi connectivity index (χ0n) is 16.8. The first kappa shape index (κ1) is 21.2.